The minimum Gasteiger partial charge on any atom is -0.466 e. The van der Waals surface area contributed by atoms with Crippen molar-refractivity contribution >= 4 is 34.9 Å². The van der Waals surface area contributed by atoms with Crippen molar-refractivity contribution in [3.63, 3.8) is 0 Å². The molecule has 1 aromatic heterocycles. The SMILES string of the molecule is CCOC(=O)C1CCCN(c2ncnc(N(C)c3ccccc3C(=O)OC)c2[N+](=O)[O-])C1. The van der Waals surface area contributed by atoms with Crippen LogP contribution in [-0.2, 0) is 14.3 Å². The number of hydrogen-bond donors (Lipinski definition) is 0. The number of para-hydroxylation sites is 1. The number of piperidine rings is 1. The van der Waals surface area contributed by atoms with Gasteiger partial charge >= 0.3 is 17.6 Å². The number of carbonyl (C=O) groups is 2. The molecule has 1 atom stereocenters. The molecule has 1 fully saturated rings. The van der Waals surface area contributed by atoms with E-state index in [2.05, 4.69) is 9.97 Å². The lowest BCUT2D eigenvalue weighted by Gasteiger charge is -2.32. The predicted molar refractivity (Wildman–Crippen MR) is 116 cm³/mol. The van der Waals surface area contributed by atoms with Gasteiger partial charge in [-0.1, -0.05) is 12.1 Å². The first-order chi connectivity index (χ1) is 15.4. The summed E-state index contributed by atoms with van der Waals surface area (Å²) in [6.45, 7) is 2.79. The summed E-state index contributed by atoms with van der Waals surface area (Å²) in [6, 6.07) is 6.60. The molecule has 0 N–H and O–H groups in total. The van der Waals surface area contributed by atoms with Crippen molar-refractivity contribution in [2.24, 2.45) is 5.92 Å². The van der Waals surface area contributed by atoms with Gasteiger partial charge in [-0.25, -0.2) is 14.8 Å². The van der Waals surface area contributed by atoms with E-state index < -0.39 is 10.9 Å². The maximum atomic E-state index is 12.2. The fraction of sp³-hybridized carbons (Fsp3) is 0.429. The van der Waals surface area contributed by atoms with Gasteiger partial charge in [-0.2, -0.15) is 0 Å². The second-order valence-electron chi connectivity index (χ2n) is 7.23. The molecular formula is C21H25N5O6. The molecule has 0 bridgehead atoms. The molecule has 1 aliphatic rings. The Morgan fingerprint density at radius 1 is 1.31 bits per heavy atom. The van der Waals surface area contributed by atoms with Crippen LogP contribution in [0.15, 0.2) is 30.6 Å². The molecule has 1 aromatic carbocycles. The van der Waals surface area contributed by atoms with Crippen LogP contribution in [0.5, 0.6) is 0 Å². The van der Waals surface area contributed by atoms with E-state index in [0.717, 1.165) is 0 Å². The summed E-state index contributed by atoms with van der Waals surface area (Å²) < 4.78 is 9.95. The molecule has 170 valence electrons. The Kier molecular flexibility index (Phi) is 7.18. The third kappa shape index (κ3) is 4.61. The number of anilines is 3. The van der Waals surface area contributed by atoms with Gasteiger partial charge < -0.3 is 19.3 Å². The molecule has 11 heteroatoms. The molecule has 0 amide bonds. The van der Waals surface area contributed by atoms with Gasteiger partial charge in [0.1, 0.15) is 6.33 Å². The van der Waals surface area contributed by atoms with Crippen LogP contribution in [0.25, 0.3) is 0 Å². The number of aromatic nitrogens is 2. The van der Waals surface area contributed by atoms with Gasteiger partial charge in [-0.05, 0) is 31.9 Å². The average molecular weight is 443 g/mol. The van der Waals surface area contributed by atoms with Crippen molar-refractivity contribution in [2.45, 2.75) is 19.8 Å². The lowest BCUT2D eigenvalue weighted by atomic mass is 9.98. The summed E-state index contributed by atoms with van der Waals surface area (Å²) in [4.78, 5) is 47.5. The van der Waals surface area contributed by atoms with E-state index in [-0.39, 0.29) is 47.9 Å². The topological polar surface area (TPSA) is 128 Å². The number of nitrogens with zero attached hydrogens (tertiary/aromatic N) is 5. The number of benzene rings is 1. The Morgan fingerprint density at radius 2 is 2.06 bits per heavy atom. The second-order valence-corrected chi connectivity index (χ2v) is 7.23. The first kappa shape index (κ1) is 22.9. The minimum absolute atomic E-state index is 0.0228. The number of ether oxygens (including phenoxy) is 2. The van der Waals surface area contributed by atoms with E-state index in [1.165, 1.54) is 18.3 Å². The lowest BCUT2D eigenvalue weighted by molar-refractivity contribution is -0.383. The highest BCUT2D eigenvalue weighted by atomic mass is 16.6. The van der Waals surface area contributed by atoms with Crippen molar-refractivity contribution in [1.29, 1.82) is 0 Å². The lowest BCUT2D eigenvalue weighted by Crippen LogP contribution is -2.40. The zero-order chi connectivity index (χ0) is 23.3. The zero-order valence-electron chi connectivity index (χ0n) is 18.2. The molecule has 2 aromatic rings. The molecular weight excluding hydrogens is 418 g/mol. The Bertz CT molecular complexity index is 1010. The quantitative estimate of drug-likeness (QED) is 0.358. The van der Waals surface area contributed by atoms with Crippen molar-refractivity contribution < 1.29 is 24.0 Å². The fourth-order valence-corrected chi connectivity index (χ4v) is 3.79. The Hall–Kier alpha value is -3.76. The summed E-state index contributed by atoms with van der Waals surface area (Å²) in [5, 5.41) is 12.1. The first-order valence-corrected chi connectivity index (χ1v) is 10.2. The van der Waals surface area contributed by atoms with Crippen molar-refractivity contribution in [2.75, 3.05) is 43.7 Å². The van der Waals surface area contributed by atoms with Crippen molar-refractivity contribution in [3.8, 4) is 0 Å². The third-order valence-corrected chi connectivity index (χ3v) is 5.30. The fourth-order valence-electron chi connectivity index (χ4n) is 3.79. The van der Waals surface area contributed by atoms with Crippen LogP contribution in [0.3, 0.4) is 0 Å². The number of esters is 2. The number of rotatable bonds is 7. The average Bonchev–Trinajstić information content (AvgIpc) is 2.82. The van der Waals surface area contributed by atoms with Crippen molar-refractivity contribution in [1.82, 2.24) is 9.97 Å². The van der Waals surface area contributed by atoms with Gasteiger partial charge in [0.15, 0.2) is 0 Å². The second kappa shape index (κ2) is 10.0. The Balaban J connectivity index is 2.02. The number of methoxy groups -OCH3 is 1. The third-order valence-electron chi connectivity index (χ3n) is 5.30. The normalized spacial score (nSPS) is 15.7. The molecule has 0 saturated carbocycles. The van der Waals surface area contributed by atoms with E-state index in [1.807, 2.05) is 0 Å². The molecule has 0 aliphatic carbocycles. The van der Waals surface area contributed by atoms with Crippen LogP contribution in [0, 0.1) is 16.0 Å². The Labute approximate surface area is 185 Å². The van der Waals surface area contributed by atoms with Crippen molar-refractivity contribution in [3.05, 3.63) is 46.3 Å². The summed E-state index contributed by atoms with van der Waals surface area (Å²) >= 11 is 0. The molecule has 32 heavy (non-hydrogen) atoms. The van der Waals surface area contributed by atoms with E-state index in [0.29, 0.717) is 25.1 Å². The number of nitro groups is 1. The highest BCUT2D eigenvalue weighted by molar-refractivity contribution is 5.97. The first-order valence-electron chi connectivity index (χ1n) is 10.2. The number of carbonyl (C=O) groups excluding carboxylic acids is 2. The molecule has 3 rings (SSSR count). The highest BCUT2D eigenvalue weighted by Crippen LogP contribution is 2.39. The monoisotopic (exact) mass is 443 g/mol. The Morgan fingerprint density at radius 3 is 2.75 bits per heavy atom. The summed E-state index contributed by atoms with van der Waals surface area (Å²) in [5.74, 6) is -1.14. The van der Waals surface area contributed by atoms with Gasteiger partial charge in [0, 0.05) is 20.1 Å². The van der Waals surface area contributed by atoms with E-state index in [1.54, 1.807) is 43.1 Å². The van der Waals surface area contributed by atoms with E-state index in [9.17, 15) is 19.7 Å². The van der Waals surface area contributed by atoms with E-state index in [4.69, 9.17) is 9.47 Å². The van der Waals surface area contributed by atoms with Crippen LogP contribution in [0.4, 0.5) is 23.0 Å². The van der Waals surface area contributed by atoms with Gasteiger partial charge in [0.05, 0.1) is 35.8 Å². The highest BCUT2D eigenvalue weighted by Gasteiger charge is 2.34. The molecule has 0 radical (unpaired) electrons. The largest absolute Gasteiger partial charge is 0.466 e. The molecule has 1 aliphatic heterocycles. The predicted octanol–water partition coefficient (Wildman–Crippen LogP) is 2.72. The summed E-state index contributed by atoms with van der Waals surface area (Å²) in [6.07, 6.45) is 2.55. The van der Waals surface area contributed by atoms with Crippen LogP contribution in [-0.4, -0.2) is 60.7 Å². The van der Waals surface area contributed by atoms with E-state index >= 15 is 0 Å². The maximum Gasteiger partial charge on any atom is 0.353 e. The van der Waals surface area contributed by atoms with Crippen LogP contribution in [0.2, 0.25) is 0 Å². The molecule has 11 nitrogen and oxygen atoms in total. The smallest absolute Gasteiger partial charge is 0.353 e. The maximum absolute atomic E-state index is 12.2. The minimum atomic E-state index is -0.572. The van der Waals surface area contributed by atoms with Gasteiger partial charge in [-0.3, -0.25) is 14.9 Å². The molecule has 1 saturated heterocycles. The van der Waals surface area contributed by atoms with Gasteiger partial charge in [0.2, 0.25) is 11.6 Å². The van der Waals surface area contributed by atoms with Gasteiger partial charge in [0.25, 0.3) is 0 Å². The van der Waals surface area contributed by atoms with Crippen LogP contribution >= 0.6 is 0 Å². The number of hydrogen-bond acceptors (Lipinski definition) is 10. The molecule has 2 heterocycles. The summed E-state index contributed by atoms with van der Waals surface area (Å²) in [5.41, 5.74) is 0.335. The molecule has 1 unspecified atom stereocenters. The summed E-state index contributed by atoms with van der Waals surface area (Å²) in [7, 11) is 2.85. The molecule has 0 spiro atoms. The van der Waals surface area contributed by atoms with Crippen LogP contribution < -0.4 is 9.80 Å². The van der Waals surface area contributed by atoms with Crippen LogP contribution in [0.1, 0.15) is 30.1 Å². The standard InChI is InChI=1S/C21H25N5O6/c1-4-32-20(27)14-8-7-11-25(12-14)19-17(26(29)30)18(22-13-23-19)24(2)16-10-6-5-9-15(16)21(28)31-3/h5-6,9-10,13-14H,4,7-8,11-12H2,1-3H3. The van der Waals surface area contributed by atoms with Gasteiger partial charge in [-0.15, -0.1) is 0 Å². The zero-order valence-corrected chi connectivity index (χ0v) is 18.2.